The van der Waals surface area contributed by atoms with Gasteiger partial charge < -0.3 is 19.5 Å². The summed E-state index contributed by atoms with van der Waals surface area (Å²) in [6.45, 7) is 6.39. The predicted molar refractivity (Wildman–Crippen MR) is 53.4 cm³/mol. The Balaban J connectivity index is 1.82. The molecule has 1 saturated carbocycles. The number of hydrogen-bond donors (Lipinski definition) is 0. The number of rotatable bonds is 1. The quantitative estimate of drug-likeness (QED) is 0.630. The van der Waals surface area contributed by atoms with E-state index in [2.05, 4.69) is 0 Å². The summed E-state index contributed by atoms with van der Waals surface area (Å²) in [5, 5.41) is 10.6. The molecule has 1 unspecified atom stereocenters. The number of carboxylic acid groups (broad SMARTS) is 1. The number of ether oxygens (including phenoxy) is 1. The minimum absolute atomic E-state index is 0.199. The molecule has 16 heavy (non-hydrogen) atoms. The second-order valence-electron chi connectivity index (χ2n) is 5.77. The Hall–Kier alpha value is -1.26. The lowest BCUT2D eigenvalue weighted by Crippen LogP contribution is -2.54. The third kappa shape index (κ3) is 1.86. The van der Waals surface area contributed by atoms with Crippen LogP contribution in [-0.4, -0.2) is 35.7 Å². The number of likely N-dealkylation sites (tertiary alicyclic amines) is 1. The molecule has 0 bridgehead atoms. The molecule has 1 saturated heterocycles. The van der Waals surface area contributed by atoms with Gasteiger partial charge in [-0.25, -0.2) is 4.79 Å². The van der Waals surface area contributed by atoms with E-state index in [1.807, 2.05) is 20.8 Å². The molecule has 5 nitrogen and oxygen atoms in total. The Bertz CT molecular complexity index is 338. The minimum atomic E-state index is -0.996. The van der Waals surface area contributed by atoms with Gasteiger partial charge in [0.15, 0.2) is 0 Å². The molecule has 1 amide bonds. The minimum Gasteiger partial charge on any atom is -0.550 e. The van der Waals surface area contributed by atoms with Gasteiger partial charge >= 0.3 is 6.09 Å². The van der Waals surface area contributed by atoms with Crippen LogP contribution >= 0.6 is 0 Å². The number of nitrogens with zero attached hydrogens (tertiary/aromatic N) is 1. The van der Waals surface area contributed by atoms with Gasteiger partial charge in [-0.1, -0.05) is 0 Å². The van der Waals surface area contributed by atoms with E-state index in [-0.39, 0.29) is 17.4 Å². The number of carbonyl (C=O) groups excluding carboxylic acids is 2. The zero-order valence-electron chi connectivity index (χ0n) is 9.78. The molecule has 0 aromatic heterocycles. The third-order valence-corrected chi connectivity index (χ3v) is 3.14. The van der Waals surface area contributed by atoms with Crippen LogP contribution in [0, 0.1) is 11.3 Å². The molecule has 2 fully saturated rings. The van der Waals surface area contributed by atoms with Gasteiger partial charge in [0, 0.05) is 30.4 Å². The maximum Gasteiger partial charge on any atom is 0.410 e. The van der Waals surface area contributed by atoms with E-state index in [0.717, 1.165) is 0 Å². The standard InChI is InChI=1S/C11H17NO4/c1-10(2,3)16-9(15)12-5-11(6-12)4-7(11)8(13)14/h7H,4-6H2,1-3H3,(H,13,14)/p-1. The van der Waals surface area contributed by atoms with Crippen molar-refractivity contribution in [2.24, 2.45) is 11.3 Å². The van der Waals surface area contributed by atoms with Crippen molar-refractivity contribution in [2.45, 2.75) is 32.8 Å². The molecule has 1 aliphatic carbocycles. The number of aliphatic carboxylic acids is 1. The van der Waals surface area contributed by atoms with E-state index >= 15 is 0 Å². The Kier molecular flexibility index (Phi) is 2.19. The first-order chi connectivity index (χ1) is 7.23. The Labute approximate surface area is 94.4 Å². The Morgan fingerprint density at radius 1 is 1.38 bits per heavy atom. The maximum atomic E-state index is 11.6. The summed E-state index contributed by atoms with van der Waals surface area (Å²) in [6.07, 6.45) is 0.274. The lowest BCUT2D eigenvalue weighted by atomic mass is 9.94. The lowest BCUT2D eigenvalue weighted by molar-refractivity contribution is -0.309. The van der Waals surface area contributed by atoms with Crippen LogP contribution < -0.4 is 5.11 Å². The first-order valence-electron chi connectivity index (χ1n) is 5.42. The molecule has 1 atom stereocenters. The van der Waals surface area contributed by atoms with E-state index in [9.17, 15) is 14.7 Å². The van der Waals surface area contributed by atoms with Crippen molar-refractivity contribution in [1.82, 2.24) is 4.90 Å². The second-order valence-corrected chi connectivity index (χ2v) is 5.77. The normalized spacial score (nSPS) is 26.2. The Morgan fingerprint density at radius 3 is 2.31 bits per heavy atom. The monoisotopic (exact) mass is 226 g/mol. The number of carboxylic acids is 1. The summed E-state index contributed by atoms with van der Waals surface area (Å²) < 4.78 is 5.18. The number of amides is 1. The largest absolute Gasteiger partial charge is 0.550 e. The SMILES string of the molecule is CC(C)(C)OC(=O)N1CC2(CC2C(=O)[O-])C1. The van der Waals surface area contributed by atoms with E-state index < -0.39 is 11.6 Å². The van der Waals surface area contributed by atoms with Gasteiger partial charge in [0.25, 0.3) is 0 Å². The molecule has 0 aromatic rings. The molecular weight excluding hydrogens is 210 g/mol. The van der Waals surface area contributed by atoms with Crippen LogP contribution in [0.3, 0.4) is 0 Å². The van der Waals surface area contributed by atoms with Crippen molar-refractivity contribution in [3.63, 3.8) is 0 Å². The van der Waals surface area contributed by atoms with Gasteiger partial charge in [-0.05, 0) is 27.2 Å². The van der Waals surface area contributed by atoms with Crippen molar-refractivity contribution >= 4 is 12.1 Å². The van der Waals surface area contributed by atoms with Crippen molar-refractivity contribution < 1.29 is 19.4 Å². The Morgan fingerprint density at radius 2 is 1.94 bits per heavy atom. The van der Waals surface area contributed by atoms with Crippen molar-refractivity contribution in [3.05, 3.63) is 0 Å². The van der Waals surface area contributed by atoms with Crippen LogP contribution in [0.2, 0.25) is 0 Å². The molecule has 2 aliphatic rings. The van der Waals surface area contributed by atoms with Crippen molar-refractivity contribution in [2.75, 3.05) is 13.1 Å². The number of carbonyl (C=O) groups is 2. The van der Waals surface area contributed by atoms with Gasteiger partial charge in [0.05, 0.1) is 0 Å². The number of hydrogen-bond acceptors (Lipinski definition) is 4. The zero-order chi connectivity index (χ0) is 12.1. The summed E-state index contributed by atoms with van der Waals surface area (Å²) in [5.74, 6) is -1.37. The van der Waals surface area contributed by atoms with E-state index in [0.29, 0.717) is 19.5 Å². The van der Waals surface area contributed by atoms with E-state index in [1.54, 1.807) is 4.90 Å². The van der Waals surface area contributed by atoms with Crippen LogP contribution in [0.1, 0.15) is 27.2 Å². The maximum absolute atomic E-state index is 11.6. The zero-order valence-corrected chi connectivity index (χ0v) is 9.78. The summed E-state index contributed by atoms with van der Waals surface area (Å²) in [5.41, 5.74) is -0.702. The molecule has 0 aromatic carbocycles. The van der Waals surface area contributed by atoms with Gasteiger partial charge in [-0.15, -0.1) is 0 Å². The molecule has 0 radical (unpaired) electrons. The van der Waals surface area contributed by atoms with Crippen LogP contribution in [0.4, 0.5) is 4.79 Å². The molecule has 1 spiro atoms. The van der Waals surface area contributed by atoms with Crippen molar-refractivity contribution in [1.29, 1.82) is 0 Å². The summed E-state index contributed by atoms with van der Waals surface area (Å²) in [4.78, 5) is 23.8. The summed E-state index contributed by atoms with van der Waals surface area (Å²) in [7, 11) is 0. The molecular formula is C11H16NO4-. The predicted octanol–water partition coefficient (Wildman–Crippen LogP) is -0.00670. The lowest BCUT2D eigenvalue weighted by Gasteiger charge is -2.41. The molecule has 2 rings (SSSR count). The highest BCUT2D eigenvalue weighted by atomic mass is 16.6. The highest BCUT2D eigenvalue weighted by molar-refractivity contribution is 5.76. The highest BCUT2D eigenvalue weighted by Gasteiger charge is 2.63. The summed E-state index contributed by atoms with van der Waals surface area (Å²) >= 11 is 0. The topological polar surface area (TPSA) is 69.7 Å². The van der Waals surface area contributed by atoms with E-state index in [1.165, 1.54) is 0 Å². The molecule has 5 heteroatoms. The van der Waals surface area contributed by atoms with Gasteiger partial charge in [-0.3, -0.25) is 0 Å². The fourth-order valence-electron chi connectivity index (χ4n) is 2.20. The first kappa shape index (κ1) is 11.2. The first-order valence-corrected chi connectivity index (χ1v) is 5.42. The highest BCUT2D eigenvalue weighted by Crippen LogP contribution is 2.58. The smallest absolute Gasteiger partial charge is 0.410 e. The van der Waals surface area contributed by atoms with Crippen LogP contribution in [0.25, 0.3) is 0 Å². The third-order valence-electron chi connectivity index (χ3n) is 3.14. The van der Waals surface area contributed by atoms with Crippen LogP contribution in [0.5, 0.6) is 0 Å². The van der Waals surface area contributed by atoms with Gasteiger partial charge in [0.2, 0.25) is 0 Å². The average Bonchev–Trinajstić information content (AvgIpc) is 2.71. The fourth-order valence-corrected chi connectivity index (χ4v) is 2.20. The van der Waals surface area contributed by atoms with Gasteiger partial charge in [-0.2, -0.15) is 0 Å². The summed E-state index contributed by atoms with van der Waals surface area (Å²) in [6, 6.07) is 0. The van der Waals surface area contributed by atoms with Crippen molar-refractivity contribution in [3.8, 4) is 0 Å². The molecule has 90 valence electrons. The second kappa shape index (κ2) is 3.12. The molecule has 0 N–H and O–H groups in total. The molecule has 1 heterocycles. The van der Waals surface area contributed by atoms with Gasteiger partial charge in [0.1, 0.15) is 5.60 Å². The van der Waals surface area contributed by atoms with E-state index in [4.69, 9.17) is 4.74 Å². The fraction of sp³-hybridized carbons (Fsp3) is 0.818. The average molecular weight is 226 g/mol. The van der Waals surface area contributed by atoms with Crippen LogP contribution in [0.15, 0.2) is 0 Å². The molecule has 1 aliphatic heterocycles. The van der Waals surface area contributed by atoms with Crippen LogP contribution in [-0.2, 0) is 9.53 Å².